The van der Waals surface area contributed by atoms with Crippen LogP contribution in [0.1, 0.15) is 28.4 Å². The van der Waals surface area contributed by atoms with Gasteiger partial charge in [-0.05, 0) is 56.6 Å². The normalized spacial score (nSPS) is 13.5. The van der Waals surface area contributed by atoms with E-state index in [4.69, 9.17) is 30.7 Å². The highest BCUT2D eigenvalue weighted by atomic mass is 16.6. The molecule has 1 aliphatic carbocycles. The molecule has 0 radical (unpaired) electrons. The lowest BCUT2D eigenvalue weighted by Crippen LogP contribution is -2.19. The average Bonchev–Trinajstić information content (AvgIpc) is 3.46. The summed E-state index contributed by atoms with van der Waals surface area (Å²) in [5.41, 5.74) is 6.33. The number of nitriles is 1. The number of ether oxygens (including phenoxy) is 3. The van der Waals surface area contributed by atoms with E-state index in [1.807, 2.05) is 44.4 Å². The SMILES string of the molecule is C#CC(ON=C1c2cc(OC)c(OC)cc2-c2[nH]c3ccc(OCCN(C)C)cc3c21)c1ccc(C#N)cc1. The average molecular weight is 521 g/mol. The molecule has 196 valence electrons. The molecule has 0 saturated heterocycles. The van der Waals surface area contributed by atoms with Gasteiger partial charge in [0, 0.05) is 39.7 Å². The number of benzene rings is 3. The summed E-state index contributed by atoms with van der Waals surface area (Å²) in [6.07, 6.45) is 5.08. The molecule has 0 amide bonds. The van der Waals surface area contributed by atoms with Crippen LogP contribution in [0.2, 0.25) is 0 Å². The molecule has 0 spiro atoms. The first-order chi connectivity index (χ1) is 19.0. The van der Waals surface area contributed by atoms with Crippen molar-refractivity contribution < 1.29 is 19.0 Å². The largest absolute Gasteiger partial charge is 0.493 e. The molecular formula is C31H28N4O4. The molecule has 8 nitrogen and oxygen atoms in total. The number of nitrogens with one attached hydrogen (secondary N) is 1. The monoisotopic (exact) mass is 520 g/mol. The zero-order valence-electron chi connectivity index (χ0n) is 22.2. The molecule has 0 saturated carbocycles. The molecule has 8 heteroatoms. The first-order valence-corrected chi connectivity index (χ1v) is 12.4. The molecule has 1 N–H and O–H groups in total. The summed E-state index contributed by atoms with van der Waals surface area (Å²) in [6.45, 7) is 1.37. The van der Waals surface area contributed by atoms with Crippen molar-refractivity contribution in [3.63, 3.8) is 0 Å². The minimum absolute atomic E-state index is 0.540. The zero-order valence-corrected chi connectivity index (χ0v) is 22.2. The number of terminal acetylenes is 1. The highest BCUT2D eigenvalue weighted by Gasteiger charge is 2.32. The predicted molar refractivity (Wildman–Crippen MR) is 150 cm³/mol. The first-order valence-electron chi connectivity index (χ1n) is 12.4. The van der Waals surface area contributed by atoms with Crippen molar-refractivity contribution in [1.29, 1.82) is 5.26 Å². The van der Waals surface area contributed by atoms with Gasteiger partial charge in [0.1, 0.15) is 18.1 Å². The summed E-state index contributed by atoms with van der Waals surface area (Å²) in [6, 6.07) is 18.8. The van der Waals surface area contributed by atoms with E-state index in [2.05, 4.69) is 27.0 Å². The van der Waals surface area contributed by atoms with Gasteiger partial charge >= 0.3 is 0 Å². The van der Waals surface area contributed by atoms with Crippen LogP contribution < -0.4 is 14.2 Å². The van der Waals surface area contributed by atoms with Gasteiger partial charge in [-0.1, -0.05) is 23.2 Å². The number of nitrogens with zero attached hydrogens (tertiary/aromatic N) is 3. The van der Waals surface area contributed by atoms with Gasteiger partial charge in [-0.2, -0.15) is 5.26 Å². The van der Waals surface area contributed by atoms with E-state index in [-0.39, 0.29) is 0 Å². The van der Waals surface area contributed by atoms with E-state index in [9.17, 15) is 0 Å². The van der Waals surface area contributed by atoms with Gasteiger partial charge < -0.3 is 28.9 Å². The van der Waals surface area contributed by atoms with Crippen LogP contribution >= 0.6 is 0 Å². The molecule has 0 aliphatic heterocycles. The van der Waals surface area contributed by atoms with Crippen LogP contribution in [0.3, 0.4) is 0 Å². The van der Waals surface area contributed by atoms with Gasteiger partial charge in [0.2, 0.25) is 6.10 Å². The quantitative estimate of drug-likeness (QED) is 0.214. The van der Waals surface area contributed by atoms with Gasteiger partial charge in [-0.15, -0.1) is 6.42 Å². The third-order valence-corrected chi connectivity index (χ3v) is 6.61. The topological polar surface area (TPSA) is 92.1 Å². The van der Waals surface area contributed by atoms with E-state index in [0.717, 1.165) is 51.1 Å². The lowest BCUT2D eigenvalue weighted by Gasteiger charge is -2.13. The van der Waals surface area contributed by atoms with Crippen molar-refractivity contribution in [3.05, 3.63) is 76.9 Å². The Bertz CT molecular complexity index is 1640. The maximum absolute atomic E-state index is 9.12. The Hall–Kier alpha value is -4.92. The van der Waals surface area contributed by atoms with Gasteiger partial charge in [-0.25, -0.2) is 0 Å². The molecule has 1 unspecified atom stereocenters. The molecule has 0 bridgehead atoms. The Labute approximate surface area is 227 Å². The Balaban J connectivity index is 1.60. The summed E-state index contributed by atoms with van der Waals surface area (Å²) in [4.78, 5) is 11.6. The Morgan fingerprint density at radius 2 is 1.72 bits per heavy atom. The molecular weight excluding hydrogens is 492 g/mol. The van der Waals surface area contributed by atoms with Gasteiger partial charge in [0.05, 0.1) is 31.5 Å². The smallest absolute Gasteiger partial charge is 0.212 e. The number of rotatable bonds is 9. The molecule has 39 heavy (non-hydrogen) atoms. The fraction of sp³-hybridized carbons (Fsp3) is 0.226. The Morgan fingerprint density at radius 3 is 2.36 bits per heavy atom. The lowest BCUT2D eigenvalue weighted by molar-refractivity contribution is 0.100. The molecule has 5 rings (SSSR count). The number of hydrogen-bond donors (Lipinski definition) is 1. The van der Waals surface area contributed by atoms with Crippen LogP contribution in [0.25, 0.3) is 22.2 Å². The standard InChI is InChI=1S/C31H28N4O4/c1-6-26(20-9-7-19(18-32)8-10-20)39-34-31-23-17-28(37-5)27(36-4)16-22(23)30-29(31)24-15-21(11-12-25(24)33-30)38-14-13-35(2)3/h1,7-12,15-17,26,33H,13-14H2,2-5H3. The molecule has 3 aromatic carbocycles. The van der Waals surface area contributed by atoms with Crippen LogP contribution in [0.15, 0.2) is 59.8 Å². The van der Waals surface area contributed by atoms with Gasteiger partial charge in [0.25, 0.3) is 0 Å². The second kappa shape index (κ2) is 10.8. The van der Waals surface area contributed by atoms with E-state index >= 15 is 0 Å². The highest BCUT2D eigenvalue weighted by Crippen LogP contribution is 2.46. The van der Waals surface area contributed by atoms with Gasteiger partial charge in [0.15, 0.2) is 11.5 Å². The summed E-state index contributed by atoms with van der Waals surface area (Å²) < 4.78 is 17.2. The third kappa shape index (κ3) is 4.86. The van der Waals surface area contributed by atoms with Crippen LogP contribution in [0.4, 0.5) is 0 Å². The summed E-state index contributed by atoms with van der Waals surface area (Å²) in [5, 5.41) is 14.7. The predicted octanol–water partition coefficient (Wildman–Crippen LogP) is 5.12. The van der Waals surface area contributed by atoms with Crippen molar-refractivity contribution in [3.8, 4) is 46.9 Å². The van der Waals surface area contributed by atoms with Crippen molar-refractivity contribution in [1.82, 2.24) is 9.88 Å². The van der Waals surface area contributed by atoms with Crippen LogP contribution in [0, 0.1) is 23.7 Å². The van der Waals surface area contributed by atoms with Crippen molar-refractivity contribution >= 4 is 16.6 Å². The van der Waals surface area contributed by atoms with E-state index < -0.39 is 6.10 Å². The van der Waals surface area contributed by atoms with Crippen molar-refractivity contribution in [2.45, 2.75) is 6.10 Å². The zero-order chi connectivity index (χ0) is 27.5. The number of H-pyrrole nitrogens is 1. The second-order valence-corrected chi connectivity index (χ2v) is 9.31. The minimum atomic E-state index is -0.743. The van der Waals surface area contributed by atoms with Crippen LogP contribution in [-0.4, -0.2) is 57.1 Å². The number of hydrogen-bond acceptors (Lipinski definition) is 7. The number of likely N-dealkylation sites (N-methyl/N-ethyl adjacent to an activating group) is 1. The summed E-state index contributed by atoms with van der Waals surface area (Å²) in [7, 11) is 7.22. The fourth-order valence-corrected chi connectivity index (χ4v) is 4.59. The third-order valence-electron chi connectivity index (χ3n) is 6.61. The number of aromatic nitrogens is 1. The molecule has 1 atom stereocenters. The minimum Gasteiger partial charge on any atom is -0.493 e. The van der Waals surface area contributed by atoms with E-state index in [1.54, 1.807) is 38.5 Å². The second-order valence-electron chi connectivity index (χ2n) is 9.31. The molecule has 1 aliphatic rings. The number of oxime groups is 1. The van der Waals surface area contributed by atoms with E-state index in [0.29, 0.717) is 29.4 Å². The molecule has 0 fully saturated rings. The van der Waals surface area contributed by atoms with Gasteiger partial charge in [-0.3, -0.25) is 0 Å². The molecule has 1 heterocycles. The Morgan fingerprint density at radius 1 is 1.00 bits per heavy atom. The number of methoxy groups -OCH3 is 2. The maximum Gasteiger partial charge on any atom is 0.212 e. The first kappa shape index (κ1) is 25.7. The number of aromatic amines is 1. The lowest BCUT2D eigenvalue weighted by atomic mass is 10.1. The molecule has 4 aromatic rings. The maximum atomic E-state index is 9.12. The Kier molecular flexibility index (Phi) is 7.14. The number of fused-ring (bicyclic) bond motifs is 5. The fourth-order valence-electron chi connectivity index (χ4n) is 4.59. The molecule has 1 aromatic heterocycles. The summed E-state index contributed by atoms with van der Waals surface area (Å²) >= 11 is 0. The van der Waals surface area contributed by atoms with Crippen LogP contribution in [-0.2, 0) is 4.84 Å². The van der Waals surface area contributed by atoms with Crippen molar-refractivity contribution in [2.75, 3.05) is 41.5 Å². The summed E-state index contributed by atoms with van der Waals surface area (Å²) in [5.74, 6) is 4.59. The van der Waals surface area contributed by atoms with E-state index in [1.165, 1.54) is 0 Å². The van der Waals surface area contributed by atoms with Crippen molar-refractivity contribution in [2.24, 2.45) is 5.16 Å². The van der Waals surface area contributed by atoms with Crippen LogP contribution in [0.5, 0.6) is 17.2 Å². The highest BCUT2D eigenvalue weighted by molar-refractivity contribution is 6.30.